The van der Waals surface area contributed by atoms with Crippen LogP contribution in [-0.4, -0.2) is 51.7 Å². The lowest BCUT2D eigenvalue weighted by Gasteiger charge is -2.27. The topological polar surface area (TPSA) is 43.2 Å². The van der Waals surface area contributed by atoms with Crippen molar-refractivity contribution in [3.63, 3.8) is 0 Å². The van der Waals surface area contributed by atoms with E-state index in [1.54, 1.807) is 0 Å². The number of rotatable bonds is 5. The van der Waals surface area contributed by atoms with Crippen LogP contribution in [0.3, 0.4) is 0 Å². The molecule has 4 rings (SSSR count). The molecule has 1 saturated carbocycles. The van der Waals surface area contributed by atoms with Crippen LogP contribution in [0.2, 0.25) is 0 Å². The van der Waals surface area contributed by atoms with E-state index in [4.69, 9.17) is 4.74 Å². The van der Waals surface area contributed by atoms with Gasteiger partial charge >= 0.3 is 0 Å². The maximum atomic E-state index is 6.00. The van der Waals surface area contributed by atoms with Gasteiger partial charge in [0.15, 0.2) is 0 Å². The molecule has 0 bridgehead atoms. The molecule has 22 heavy (non-hydrogen) atoms. The van der Waals surface area contributed by atoms with E-state index in [2.05, 4.69) is 39.9 Å². The average Bonchev–Trinajstić information content (AvgIpc) is 2.90. The van der Waals surface area contributed by atoms with E-state index in [0.29, 0.717) is 23.5 Å². The Morgan fingerprint density at radius 2 is 2.14 bits per heavy atom. The maximum absolute atomic E-state index is 6.00. The molecule has 1 unspecified atom stereocenters. The van der Waals surface area contributed by atoms with Crippen LogP contribution < -0.4 is 0 Å². The van der Waals surface area contributed by atoms with E-state index in [9.17, 15) is 0 Å². The molecule has 0 N–H and O–H groups in total. The monoisotopic (exact) mass is 304 g/mol. The second-order valence-corrected chi connectivity index (χ2v) is 8.23. The molecule has 2 aliphatic heterocycles. The number of likely N-dealkylation sites (tertiary alicyclic amines) is 1. The van der Waals surface area contributed by atoms with Gasteiger partial charge in [0.25, 0.3) is 0 Å². The predicted octanol–water partition coefficient (Wildman–Crippen LogP) is 2.44. The van der Waals surface area contributed by atoms with Gasteiger partial charge in [0.05, 0.1) is 24.9 Å². The fourth-order valence-corrected chi connectivity index (χ4v) is 3.98. The summed E-state index contributed by atoms with van der Waals surface area (Å²) in [6.07, 6.45) is 8.92. The first-order chi connectivity index (χ1) is 10.6. The molecule has 3 heterocycles. The molecule has 2 atom stereocenters. The Morgan fingerprint density at radius 1 is 1.27 bits per heavy atom. The van der Waals surface area contributed by atoms with Crippen molar-refractivity contribution >= 4 is 0 Å². The lowest BCUT2D eigenvalue weighted by molar-refractivity contribution is 0.0610. The molecule has 5 nitrogen and oxygen atoms in total. The smallest absolute Gasteiger partial charge is 0.0857 e. The van der Waals surface area contributed by atoms with Gasteiger partial charge in [-0.3, -0.25) is 9.58 Å². The van der Waals surface area contributed by atoms with E-state index in [0.717, 1.165) is 19.7 Å². The largest absolute Gasteiger partial charge is 0.376 e. The minimum atomic E-state index is 0.352. The maximum Gasteiger partial charge on any atom is 0.0857 e. The van der Waals surface area contributed by atoms with Gasteiger partial charge in [-0.25, -0.2) is 0 Å². The summed E-state index contributed by atoms with van der Waals surface area (Å²) in [5, 5.41) is 8.68. The highest BCUT2D eigenvalue weighted by atomic mass is 16.5. The van der Waals surface area contributed by atoms with Crippen molar-refractivity contribution in [3.05, 3.63) is 11.9 Å². The third-order valence-corrected chi connectivity index (χ3v) is 5.38. The lowest BCUT2D eigenvalue weighted by atomic mass is 9.90. The van der Waals surface area contributed by atoms with Crippen molar-refractivity contribution in [2.75, 3.05) is 19.7 Å². The Hall–Kier alpha value is -0.940. The van der Waals surface area contributed by atoms with E-state index in [-0.39, 0.29) is 0 Å². The van der Waals surface area contributed by atoms with Gasteiger partial charge in [0.1, 0.15) is 0 Å². The molecule has 1 aromatic rings. The van der Waals surface area contributed by atoms with Gasteiger partial charge < -0.3 is 4.74 Å². The molecule has 2 saturated heterocycles. The summed E-state index contributed by atoms with van der Waals surface area (Å²) < 4.78 is 8.06. The third kappa shape index (κ3) is 3.20. The number of hydrogen-bond donors (Lipinski definition) is 0. The second-order valence-electron chi connectivity index (χ2n) is 8.23. The average molecular weight is 304 g/mol. The van der Waals surface area contributed by atoms with E-state index >= 15 is 0 Å². The number of ether oxygens (including phenoxy) is 1. The molecular weight excluding hydrogens is 276 g/mol. The van der Waals surface area contributed by atoms with E-state index in [1.807, 2.05) is 0 Å². The van der Waals surface area contributed by atoms with Crippen molar-refractivity contribution in [1.29, 1.82) is 0 Å². The summed E-state index contributed by atoms with van der Waals surface area (Å²) in [6.45, 7) is 8.79. The summed E-state index contributed by atoms with van der Waals surface area (Å²) in [5.41, 5.74) is 1.55. The molecule has 122 valence electrons. The Morgan fingerprint density at radius 3 is 2.86 bits per heavy atom. The SMILES string of the molecule is CC1(C)COC(CN2CCC[C@H]2Cn2cc(C3CC3)nn2)C1. The van der Waals surface area contributed by atoms with Gasteiger partial charge in [-0.15, -0.1) is 5.10 Å². The Bertz CT molecular complexity index is 522. The molecule has 0 spiro atoms. The molecule has 1 aromatic heterocycles. The quantitative estimate of drug-likeness (QED) is 0.838. The summed E-state index contributed by atoms with van der Waals surface area (Å²) in [7, 11) is 0. The van der Waals surface area contributed by atoms with Gasteiger partial charge in [-0.2, -0.15) is 0 Å². The normalized spacial score (nSPS) is 31.9. The second kappa shape index (κ2) is 5.60. The Kier molecular flexibility index (Phi) is 3.73. The van der Waals surface area contributed by atoms with Crippen LogP contribution in [-0.2, 0) is 11.3 Å². The van der Waals surface area contributed by atoms with Crippen LogP contribution in [0.25, 0.3) is 0 Å². The molecule has 1 aliphatic carbocycles. The highest BCUT2D eigenvalue weighted by Gasteiger charge is 2.35. The molecule has 3 fully saturated rings. The zero-order valence-electron chi connectivity index (χ0n) is 13.9. The Labute approximate surface area is 133 Å². The van der Waals surface area contributed by atoms with Crippen LogP contribution in [0.1, 0.15) is 57.6 Å². The zero-order valence-corrected chi connectivity index (χ0v) is 13.9. The highest BCUT2D eigenvalue weighted by Crippen LogP contribution is 2.38. The lowest BCUT2D eigenvalue weighted by Crippen LogP contribution is -2.38. The standard InChI is InChI=1S/C17H28N4O/c1-17(2)8-15(22-12-17)10-20-7-3-4-14(20)9-21-11-16(18-19-21)13-5-6-13/h11,13-15H,3-10,12H2,1-2H3/t14-,15?/m0/s1. The first-order valence-corrected chi connectivity index (χ1v) is 8.85. The van der Waals surface area contributed by atoms with Crippen molar-refractivity contribution in [2.45, 2.75) is 70.6 Å². The third-order valence-electron chi connectivity index (χ3n) is 5.38. The molecule has 5 heteroatoms. The van der Waals surface area contributed by atoms with Gasteiger partial charge in [-0.05, 0) is 44.1 Å². The molecule has 3 aliphatic rings. The fraction of sp³-hybridized carbons (Fsp3) is 0.882. The van der Waals surface area contributed by atoms with Gasteiger partial charge in [0.2, 0.25) is 0 Å². The summed E-state index contributed by atoms with van der Waals surface area (Å²) in [5.74, 6) is 0.697. The van der Waals surface area contributed by atoms with Crippen molar-refractivity contribution < 1.29 is 4.74 Å². The van der Waals surface area contributed by atoms with E-state index < -0.39 is 0 Å². The van der Waals surface area contributed by atoms with Crippen LogP contribution in [0, 0.1) is 5.41 Å². The van der Waals surface area contributed by atoms with Gasteiger partial charge in [-0.1, -0.05) is 19.1 Å². The summed E-state index contributed by atoms with van der Waals surface area (Å²) in [4.78, 5) is 2.62. The van der Waals surface area contributed by atoms with Crippen molar-refractivity contribution in [1.82, 2.24) is 19.9 Å². The summed E-state index contributed by atoms with van der Waals surface area (Å²) >= 11 is 0. The highest BCUT2D eigenvalue weighted by molar-refractivity contribution is 5.09. The van der Waals surface area contributed by atoms with Gasteiger partial charge in [0, 0.05) is 24.7 Å². The zero-order chi connectivity index (χ0) is 15.2. The number of nitrogens with zero attached hydrogens (tertiary/aromatic N) is 4. The van der Waals surface area contributed by atoms with Crippen LogP contribution in [0.4, 0.5) is 0 Å². The minimum Gasteiger partial charge on any atom is -0.376 e. The van der Waals surface area contributed by atoms with E-state index in [1.165, 1.54) is 44.3 Å². The molecule has 0 radical (unpaired) electrons. The van der Waals surface area contributed by atoms with Crippen molar-refractivity contribution in [3.8, 4) is 0 Å². The Balaban J connectivity index is 1.34. The first-order valence-electron chi connectivity index (χ1n) is 8.85. The molecule has 0 amide bonds. The molecule has 0 aromatic carbocycles. The van der Waals surface area contributed by atoms with Crippen LogP contribution in [0.15, 0.2) is 6.20 Å². The number of hydrogen-bond acceptors (Lipinski definition) is 4. The first kappa shape index (κ1) is 14.6. The fourth-order valence-electron chi connectivity index (χ4n) is 3.98. The molecular formula is C17H28N4O. The number of aromatic nitrogens is 3. The minimum absolute atomic E-state index is 0.352. The van der Waals surface area contributed by atoms with Crippen molar-refractivity contribution in [2.24, 2.45) is 5.41 Å². The predicted molar refractivity (Wildman–Crippen MR) is 84.7 cm³/mol. The van der Waals surface area contributed by atoms with Crippen LogP contribution in [0.5, 0.6) is 0 Å². The van der Waals surface area contributed by atoms with Crippen LogP contribution >= 0.6 is 0 Å². The summed E-state index contributed by atoms with van der Waals surface area (Å²) in [6, 6.07) is 0.598.